The number of urea groups is 1. The zero-order chi connectivity index (χ0) is 16.8. The van der Waals surface area contributed by atoms with Crippen molar-refractivity contribution in [2.45, 2.75) is 37.6 Å². The molecule has 0 heterocycles. The largest absolute Gasteiger partial charge is 0.338 e. The first-order valence-electron chi connectivity index (χ1n) is 8.54. The molecule has 3 rings (SSSR count). The number of aryl methyl sites for hydroxylation is 1. The van der Waals surface area contributed by atoms with E-state index in [2.05, 4.69) is 34.9 Å². The Morgan fingerprint density at radius 2 is 1.75 bits per heavy atom. The van der Waals surface area contributed by atoms with Crippen LogP contribution in [0.2, 0.25) is 5.02 Å². The lowest BCUT2D eigenvalue weighted by molar-refractivity contribution is 0.222. The summed E-state index contributed by atoms with van der Waals surface area (Å²) < 4.78 is 0. The molecule has 2 N–H and O–H groups in total. The highest BCUT2D eigenvalue weighted by Gasteiger charge is 2.31. The Labute approximate surface area is 148 Å². The Kier molecular flexibility index (Phi) is 5.76. The number of rotatable bonds is 6. The summed E-state index contributed by atoms with van der Waals surface area (Å²) >= 11 is 5.91. The monoisotopic (exact) mass is 342 g/mol. The van der Waals surface area contributed by atoms with E-state index in [0.717, 1.165) is 30.7 Å². The third-order valence-corrected chi connectivity index (χ3v) is 4.84. The molecule has 1 fully saturated rings. The zero-order valence-corrected chi connectivity index (χ0v) is 14.4. The van der Waals surface area contributed by atoms with Crippen molar-refractivity contribution < 1.29 is 4.79 Å². The number of hydrogen-bond donors (Lipinski definition) is 2. The van der Waals surface area contributed by atoms with Gasteiger partial charge < -0.3 is 10.6 Å². The van der Waals surface area contributed by atoms with Crippen LogP contribution in [-0.4, -0.2) is 18.6 Å². The van der Waals surface area contributed by atoms with Gasteiger partial charge in [-0.3, -0.25) is 0 Å². The van der Waals surface area contributed by atoms with Crippen molar-refractivity contribution in [1.82, 2.24) is 10.6 Å². The summed E-state index contributed by atoms with van der Waals surface area (Å²) in [7, 11) is 0. The van der Waals surface area contributed by atoms with E-state index in [9.17, 15) is 4.79 Å². The first-order valence-corrected chi connectivity index (χ1v) is 8.92. The molecule has 0 spiro atoms. The molecule has 0 bridgehead atoms. The highest BCUT2D eigenvalue weighted by Crippen LogP contribution is 2.37. The Morgan fingerprint density at radius 3 is 2.46 bits per heavy atom. The number of carbonyl (C=O) groups excluding carboxylic acids is 1. The predicted molar refractivity (Wildman–Crippen MR) is 98.5 cm³/mol. The molecule has 0 saturated heterocycles. The van der Waals surface area contributed by atoms with Crippen molar-refractivity contribution in [2.24, 2.45) is 0 Å². The second-order valence-corrected chi connectivity index (χ2v) is 6.84. The highest BCUT2D eigenvalue weighted by atomic mass is 35.5. The van der Waals surface area contributed by atoms with Gasteiger partial charge in [0.1, 0.15) is 0 Å². The molecular formula is C20H23ClN2O. The molecule has 2 amide bonds. The van der Waals surface area contributed by atoms with Crippen LogP contribution in [0.4, 0.5) is 4.79 Å². The number of halogens is 1. The summed E-state index contributed by atoms with van der Waals surface area (Å²) in [6.45, 7) is 0.702. The third kappa shape index (κ3) is 4.75. The van der Waals surface area contributed by atoms with Crippen LogP contribution in [0.3, 0.4) is 0 Å². The molecule has 126 valence electrons. The van der Waals surface area contributed by atoms with Gasteiger partial charge in [0.2, 0.25) is 0 Å². The third-order valence-electron chi connectivity index (χ3n) is 4.59. The fourth-order valence-corrected chi connectivity index (χ4v) is 3.24. The summed E-state index contributed by atoms with van der Waals surface area (Å²) in [4.78, 5) is 11.9. The maximum atomic E-state index is 11.9. The molecule has 0 aliphatic heterocycles. The van der Waals surface area contributed by atoms with Gasteiger partial charge >= 0.3 is 6.03 Å². The molecule has 1 saturated carbocycles. The van der Waals surface area contributed by atoms with Crippen molar-refractivity contribution in [1.29, 1.82) is 0 Å². The van der Waals surface area contributed by atoms with Crippen LogP contribution in [0.1, 0.15) is 36.3 Å². The standard InChI is InChI=1S/C20H23ClN2O/c21-18-10-8-16(9-11-18)17-13-19(14-17)23-20(24)22-12-4-7-15-5-2-1-3-6-15/h1-3,5-6,8-11,17,19H,4,7,12-14H2,(H2,22,23,24). The average molecular weight is 343 g/mol. The number of hydrogen-bond acceptors (Lipinski definition) is 1. The topological polar surface area (TPSA) is 41.1 Å². The fraction of sp³-hybridized carbons (Fsp3) is 0.350. The van der Waals surface area contributed by atoms with Gasteiger partial charge in [-0.2, -0.15) is 0 Å². The average Bonchev–Trinajstić information content (AvgIpc) is 2.57. The first kappa shape index (κ1) is 16.8. The van der Waals surface area contributed by atoms with Crippen LogP contribution in [0.5, 0.6) is 0 Å². The van der Waals surface area contributed by atoms with E-state index in [0.29, 0.717) is 12.5 Å². The highest BCUT2D eigenvalue weighted by molar-refractivity contribution is 6.30. The molecule has 0 aromatic heterocycles. The van der Waals surface area contributed by atoms with E-state index < -0.39 is 0 Å². The predicted octanol–water partition coefficient (Wildman–Crippen LogP) is 4.52. The van der Waals surface area contributed by atoms with Crippen LogP contribution in [0.15, 0.2) is 54.6 Å². The molecule has 1 aliphatic carbocycles. The van der Waals surface area contributed by atoms with Gasteiger partial charge in [-0.05, 0) is 54.9 Å². The maximum absolute atomic E-state index is 11.9. The second-order valence-electron chi connectivity index (χ2n) is 6.41. The van der Waals surface area contributed by atoms with E-state index in [4.69, 9.17) is 11.6 Å². The van der Waals surface area contributed by atoms with Crippen LogP contribution in [0, 0.1) is 0 Å². The summed E-state index contributed by atoms with van der Waals surface area (Å²) in [5, 5.41) is 6.76. The lowest BCUT2D eigenvalue weighted by Crippen LogP contribution is -2.47. The molecule has 2 aromatic carbocycles. The zero-order valence-electron chi connectivity index (χ0n) is 13.7. The quantitative estimate of drug-likeness (QED) is 0.745. The lowest BCUT2D eigenvalue weighted by atomic mass is 9.76. The van der Waals surface area contributed by atoms with E-state index in [1.165, 1.54) is 11.1 Å². The number of nitrogens with one attached hydrogen (secondary N) is 2. The Morgan fingerprint density at radius 1 is 1.04 bits per heavy atom. The summed E-state index contributed by atoms with van der Waals surface area (Å²) in [5.41, 5.74) is 2.62. The molecule has 0 unspecified atom stereocenters. The molecule has 3 nitrogen and oxygen atoms in total. The Bertz CT molecular complexity index is 651. The van der Waals surface area contributed by atoms with Gasteiger partial charge in [-0.1, -0.05) is 54.1 Å². The Hall–Kier alpha value is -2.00. The first-order chi connectivity index (χ1) is 11.7. The van der Waals surface area contributed by atoms with E-state index >= 15 is 0 Å². The van der Waals surface area contributed by atoms with Gasteiger partial charge in [0.25, 0.3) is 0 Å². The van der Waals surface area contributed by atoms with Crippen LogP contribution >= 0.6 is 11.6 Å². The van der Waals surface area contributed by atoms with Crippen LogP contribution in [0.25, 0.3) is 0 Å². The van der Waals surface area contributed by atoms with Gasteiger partial charge in [0.05, 0.1) is 0 Å². The van der Waals surface area contributed by atoms with Crippen LogP contribution in [-0.2, 0) is 6.42 Å². The van der Waals surface area contributed by atoms with Crippen molar-refractivity contribution in [3.63, 3.8) is 0 Å². The second kappa shape index (κ2) is 8.20. The van der Waals surface area contributed by atoms with E-state index in [1.807, 2.05) is 30.3 Å². The molecule has 0 atom stereocenters. The minimum Gasteiger partial charge on any atom is -0.338 e. The van der Waals surface area contributed by atoms with E-state index in [1.54, 1.807) is 0 Å². The normalized spacial score (nSPS) is 19.4. The van der Waals surface area contributed by atoms with E-state index in [-0.39, 0.29) is 12.1 Å². The van der Waals surface area contributed by atoms with Crippen molar-refractivity contribution >= 4 is 17.6 Å². The summed E-state index contributed by atoms with van der Waals surface area (Å²) in [6, 6.07) is 18.6. The van der Waals surface area contributed by atoms with Gasteiger partial charge in [-0.15, -0.1) is 0 Å². The van der Waals surface area contributed by atoms with Crippen molar-refractivity contribution in [2.75, 3.05) is 6.54 Å². The maximum Gasteiger partial charge on any atom is 0.315 e. The van der Waals surface area contributed by atoms with Crippen molar-refractivity contribution in [3.05, 3.63) is 70.7 Å². The molecule has 2 aromatic rings. The molecular weight excluding hydrogens is 320 g/mol. The summed E-state index contributed by atoms with van der Waals surface area (Å²) in [6.07, 6.45) is 3.94. The number of amides is 2. The number of carbonyl (C=O) groups is 1. The SMILES string of the molecule is O=C(NCCCc1ccccc1)NC1CC(c2ccc(Cl)cc2)C1. The Balaban J connectivity index is 1.30. The van der Waals surface area contributed by atoms with Crippen LogP contribution < -0.4 is 10.6 Å². The molecule has 0 radical (unpaired) electrons. The van der Waals surface area contributed by atoms with Crippen molar-refractivity contribution in [3.8, 4) is 0 Å². The smallest absolute Gasteiger partial charge is 0.315 e. The lowest BCUT2D eigenvalue weighted by Gasteiger charge is -2.36. The molecule has 24 heavy (non-hydrogen) atoms. The minimum absolute atomic E-state index is 0.0531. The van der Waals surface area contributed by atoms with Gasteiger partial charge in [0.15, 0.2) is 0 Å². The van der Waals surface area contributed by atoms with Gasteiger partial charge in [0, 0.05) is 17.6 Å². The fourth-order valence-electron chi connectivity index (χ4n) is 3.12. The minimum atomic E-state index is -0.0531. The molecule has 1 aliphatic rings. The molecule has 4 heteroatoms. The van der Waals surface area contributed by atoms with Gasteiger partial charge in [-0.25, -0.2) is 4.79 Å². The number of benzene rings is 2. The summed E-state index contributed by atoms with van der Waals surface area (Å²) in [5.74, 6) is 0.533.